The van der Waals surface area contributed by atoms with Crippen molar-refractivity contribution in [1.82, 2.24) is 4.98 Å². The summed E-state index contributed by atoms with van der Waals surface area (Å²) in [6, 6.07) is 3.97. The molecule has 0 fully saturated rings. The first-order valence-corrected chi connectivity index (χ1v) is 7.12. The van der Waals surface area contributed by atoms with Crippen molar-refractivity contribution in [2.75, 3.05) is 6.61 Å². The van der Waals surface area contributed by atoms with Crippen molar-refractivity contribution >= 4 is 15.9 Å². The Hall–Kier alpha value is -0.570. The predicted octanol–water partition coefficient (Wildman–Crippen LogP) is 4.33. The van der Waals surface area contributed by atoms with Crippen LogP contribution in [-0.4, -0.2) is 11.6 Å². The largest absolute Gasteiger partial charge is 0.492 e. The molecule has 0 spiro atoms. The monoisotopic (exact) mass is 285 g/mol. The fourth-order valence-corrected chi connectivity index (χ4v) is 1.80. The zero-order chi connectivity index (χ0) is 11.6. The topological polar surface area (TPSA) is 22.1 Å². The third kappa shape index (κ3) is 5.50. The van der Waals surface area contributed by atoms with Crippen LogP contribution in [0, 0.1) is 0 Å². The smallest absolute Gasteiger partial charge is 0.137 e. The van der Waals surface area contributed by atoms with Crippen LogP contribution in [0.1, 0.15) is 44.7 Å². The van der Waals surface area contributed by atoms with E-state index in [2.05, 4.69) is 27.8 Å². The highest BCUT2D eigenvalue weighted by Gasteiger charge is 1.95. The summed E-state index contributed by atoms with van der Waals surface area (Å²) in [5, 5.41) is 0.796. The molecule has 1 aromatic heterocycles. The van der Waals surface area contributed by atoms with E-state index in [-0.39, 0.29) is 0 Å². The lowest BCUT2D eigenvalue weighted by atomic mass is 10.2. The van der Waals surface area contributed by atoms with Crippen molar-refractivity contribution < 1.29 is 4.74 Å². The Bertz CT molecular complexity index is 274. The van der Waals surface area contributed by atoms with E-state index in [1.165, 1.54) is 25.7 Å². The molecule has 0 N–H and O–H groups in total. The van der Waals surface area contributed by atoms with E-state index in [4.69, 9.17) is 4.74 Å². The highest BCUT2D eigenvalue weighted by Crippen LogP contribution is 2.12. The summed E-state index contributed by atoms with van der Waals surface area (Å²) in [7, 11) is 0. The molecule has 1 rings (SSSR count). The molecule has 0 aliphatic carbocycles. The van der Waals surface area contributed by atoms with Gasteiger partial charge in [0.25, 0.3) is 0 Å². The molecular formula is C13H20BrNO. The predicted molar refractivity (Wildman–Crippen MR) is 71.1 cm³/mol. The molecule has 0 aliphatic heterocycles. The van der Waals surface area contributed by atoms with Crippen LogP contribution in [0.4, 0.5) is 0 Å². The lowest BCUT2D eigenvalue weighted by Crippen LogP contribution is -1.98. The lowest BCUT2D eigenvalue weighted by molar-refractivity contribution is 0.303. The van der Waals surface area contributed by atoms with Gasteiger partial charge in [0.1, 0.15) is 5.75 Å². The number of halogens is 1. The zero-order valence-electron chi connectivity index (χ0n) is 9.92. The Labute approximate surface area is 107 Å². The van der Waals surface area contributed by atoms with Gasteiger partial charge in [-0.3, -0.25) is 4.98 Å². The molecule has 0 aromatic carbocycles. The van der Waals surface area contributed by atoms with Crippen molar-refractivity contribution in [2.45, 2.75) is 44.4 Å². The van der Waals surface area contributed by atoms with Gasteiger partial charge in [-0.05, 0) is 18.6 Å². The SMILES string of the molecule is CCCCCCCOc1ccc(CBr)nc1. The molecule has 3 heteroatoms. The molecular weight excluding hydrogens is 266 g/mol. The molecule has 0 saturated heterocycles. The van der Waals surface area contributed by atoms with E-state index in [0.717, 1.165) is 29.8 Å². The minimum absolute atomic E-state index is 0.796. The highest BCUT2D eigenvalue weighted by molar-refractivity contribution is 9.08. The maximum atomic E-state index is 5.61. The van der Waals surface area contributed by atoms with E-state index in [9.17, 15) is 0 Å². The summed E-state index contributed by atoms with van der Waals surface area (Å²) >= 11 is 3.37. The molecule has 2 nitrogen and oxygen atoms in total. The van der Waals surface area contributed by atoms with Gasteiger partial charge in [-0.15, -0.1) is 0 Å². The van der Waals surface area contributed by atoms with Crippen molar-refractivity contribution in [2.24, 2.45) is 0 Å². The summed E-state index contributed by atoms with van der Waals surface area (Å²) in [6.07, 6.45) is 8.14. The van der Waals surface area contributed by atoms with Crippen molar-refractivity contribution in [3.05, 3.63) is 24.0 Å². The van der Waals surface area contributed by atoms with Gasteiger partial charge in [-0.2, -0.15) is 0 Å². The molecule has 90 valence electrons. The Morgan fingerprint density at radius 1 is 1.19 bits per heavy atom. The molecule has 0 radical (unpaired) electrons. The van der Waals surface area contributed by atoms with Crippen LogP contribution in [0.15, 0.2) is 18.3 Å². The molecule has 0 bridgehead atoms. The first kappa shape index (κ1) is 13.5. The minimum Gasteiger partial charge on any atom is -0.492 e. The summed E-state index contributed by atoms with van der Waals surface area (Å²) in [5.41, 5.74) is 1.04. The average Bonchev–Trinajstić information content (AvgIpc) is 2.34. The number of hydrogen-bond donors (Lipinski definition) is 0. The molecule has 0 aliphatic rings. The molecule has 1 aromatic rings. The van der Waals surface area contributed by atoms with Crippen LogP contribution in [0.5, 0.6) is 5.75 Å². The van der Waals surface area contributed by atoms with Crippen molar-refractivity contribution in [1.29, 1.82) is 0 Å². The maximum absolute atomic E-state index is 5.61. The summed E-state index contributed by atoms with van der Waals surface area (Å²) in [5.74, 6) is 0.875. The number of pyridine rings is 1. The number of nitrogens with zero attached hydrogens (tertiary/aromatic N) is 1. The summed E-state index contributed by atoms with van der Waals surface area (Å²) in [4.78, 5) is 4.25. The van der Waals surface area contributed by atoms with Crippen molar-refractivity contribution in [3.8, 4) is 5.75 Å². The van der Waals surface area contributed by atoms with E-state index < -0.39 is 0 Å². The Kier molecular flexibility index (Phi) is 7.23. The molecule has 1 heterocycles. The zero-order valence-corrected chi connectivity index (χ0v) is 11.5. The Morgan fingerprint density at radius 3 is 2.62 bits per heavy atom. The first-order chi connectivity index (χ1) is 7.86. The minimum atomic E-state index is 0.796. The second kappa shape index (κ2) is 8.57. The van der Waals surface area contributed by atoms with Gasteiger partial charge >= 0.3 is 0 Å². The van der Waals surface area contributed by atoms with Crippen LogP contribution in [0.25, 0.3) is 0 Å². The van der Waals surface area contributed by atoms with Crippen LogP contribution in [0.2, 0.25) is 0 Å². The fraction of sp³-hybridized carbons (Fsp3) is 0.615. The van der Waals surface area contributed by atoms with Crippen LogP contribution in [-0.2, 0) is 5.33 Å². The normalized spacial score (nSPS) is 10.4. The van der Waals surface area contributed by atoms with E-state index in [1.54, 1.807) is 6.20 Å². The van der Waals surface area contributed by atoms with Crippen LogP contribution >= 0.6 is 15.9 Å². The van der Waals surface area contributed by atoms with E-state index >= 15 is 0 Å². The second-order valence-electron chi connectivity index (χ2n) is 3.88. The number of ether oxygens (including phenoxy) is 1. The van der Waals surface area contributed by atoms with Gasteiger partial charge in [0, 0.05) is 5.33 Å². The molecule has 0 atom stereocenters. The molecule has 0 amide bonds. The quantitative estimate of drug-likeness (QED) is 0.524. The highest BCUT2D eigenvalue weighted by atomic mass is 79.9. The van der Waals surface area contributed by atoms with E-state index in [0.29, 0.717) is 0 Å². The van der Waals surface area contributed by atoms with Gasteiger partial charge in [0.2, 0.25) is 0 Å². The van der Waals surface area contributed by atoms with Gasteiger partial charge < -0.3 is 4.74 Å². The van der Waals surface area contributed by atoms with E-state index in [1.807, 2.05) is 12.1 Å². The molecule has 0 saturated carbocycles. The van der Waals surface area contributed by atoms with Crippen molar-refractivity contribution in [3.63, 3.8) is 0 Å². The third-order valence-corrected chi connectivity index (χ3v) is 3.03. The number of rotatable bonds is 8. The number of hydrogen-bond acceptors (Lipinski definition) is 2. The number of aromatic nitrogens is 1. The van der Waals surface area contributed by atoms with Gasteiger partial charge in [-0.1, -0.05) is 48.5 Å². The van der Waals surface area contributed by atoms with Crippen LogP contribution in [0.3, 0.4) is 0 Å². The molecule has 0 unspecified atom stereocenters. The first-order valence-electron chi connectivity index (χ1n) is 6.00. The number of unbranched alkanes of at least 4 members (excludes halogenated alkanes) is 4. The lowest BCUT2D eigenvalue weighted by Gasteiger charge is -2.05. The Balaban J connectivity index is 2.12. The van der Waals surface area contributed by atoms with Gasteiger partial charge in [-0.25, -0.2) is 0 Å². The standard InChI is InChI=1S/C13H20BrNO/c1-2-3-4-5-6-9-16-13-8-7-12(10-14)15-11-13/h7-8,11H,2-6,9-10H2,1H3. The second-order valence-corrected chi connectivity index (χ2v) is 4.44. The average molecular weight is 286 g/mol. The third-order valence-electron chi connectivity index (χ3n) is 2.45. The fourth-order valence-electron chi connectivity index (χ4n) is 1.47. The van der Waals surface area contributed by atoms with Gasteiger partial charge in [0.15, 0.2) is 0 Å². The van der Waals surface area contributed by atoms with Crippen LogP contribution < -0.4 is 4.74 Å². The molecule has 16 heavy (non-hydrogen) atoms. The van der Waals surface area contributed by atoms with Gasteiger partial charge in [0.05, 0.1) is 18.5 Å². The number of alkyl halides is 1. The summed E-state index contributed by atoms with van der Waals surface area (Å²) < 4.78 is 5.61. The Morgan fingerprint density at radius 2 is 2.00 bits per heavy atom. The summed E-state index contributed by atoms with van der Waals surface area (Å²) in [6.45, 7) is 3.03. The maximum Gasteiger partial charge on any atom is 0.137 e.